The number of aromatic nitrogens is 3. The third-order valence-electron chi connectivity index (χ3n) is 4.00. The molecule has 1 aliphatic rings. The molecule has 1 aliphatic heterocycles. The lowest BCUT2D eigenvalue weighted by Gasteiger charge is -2.21. The second-order valence-electron chi connectivity index (χ2n) is 5.97. The lowest BCUT2D eigenvalue weighted by atomic mass is 10.2. The first-order valence-corrected chi connectivity index (χ1v) is 9.80. The Hall–Kier alpha value is -2.22. The molecule has 1 saturated heterocycles. The summed E-state index contributed by atoms with van der Waals surface area (Å²) in [6.45, 7) is 4.76. The maximum absolute atomic E-state index is 11.6. The number of hydrogen-bond acceptors (Lipinski definition) is 7. The fourth-order valence-corrected chi connectivity index (χ4v) is 4.50. The largest absolute Gasteiger partial charge is 0.365 e. The van der Waals surface area contributed by atoms with Gasteiger partial charge in [0.25, 0.3) is 5.95 Å². The number of sulfone groups is 1. The third-order valence-corrected chi connectivity index (χ3v) is 5.77. The van der Waals surface area contributed by atoms with Crippen molar-refractivity contribution in [1.29, 1.82) is 0 Å². The van der Waals surface area contributed by atoms with Crippen LogP contribution in [0.5, 0.6) is 0 Å². The van der Waals surface area contributed by atoms with Crippen molar-refractivity contribution in [3.63, 3.8) is 0 Å². The van der Waals surface area contributed by atoms with Crippen molar-refractivity contribution in [2.45, 2.75) is 26.3 Å². The molecule has 0 spiro atoms. The smallest absolute Gasteiger partial charge is 0.251 e. The van der Waals surface area contributed by atoms with E-state index in [0.717, 1.165) is 11.3 Å². The molecule has 1 atom stereocenters. The summed E-state index contributed by atoms with van der Waals surface area (Å²) in [6.07, 6.45) is 2.12. The van der Waals surface area contributed by atoms with Crippen LogP contribution in [0.25, 0.3) is 0 Å². The van der Waals surface area contributed by atoms with E-state index in [9.17, 15) is 8.42 Å². The number of nitrogens with one attached hydrogen (secondary N) is 1. The molecule has 0 aliphatic carbocycles. The van der Waals surface area contributed by atoms with Gasteiger partial charge in [0, 0.05) is 18.3 Å². The molecule has 24 heavy (non-hydrogen) atoms. The Labute approximate surface area is 142 Å². The van der Waals surface area contributed by atoms with Gasteiger partial charge in [0.15, 0.2) is 15.7 Å². The average molecular weight is 347 g/mol. The molecule has 0 radical (unpaired) electrons. The van der Waals surface area contributed by atoms with Crippen LogP contribution in [0.15, 0.2) is 30.5 Å². The van der Waals surface area contributed by atoms with Crippen LogP contribution in [0, 0.1) is 6.92 Å². The molecule has 3 rings (SSSR count). The summed E-state index contributed by atoms with van der Waals surface area (Å²) in [5, 5.41) is 11.3. The summed E-state index contributed by atoms with van der Waals surface area (Å²) < 4.78 is 23.1. The molecule has 7 nitrogen and oxygen atoms in total. The van der Waals surface area contributed by atoms with Gasteiger partial charge in [-0.05, 0) is 38.0 Å². The number of anilines is 3. The van der Waals surface area contributed by atoms with Gasteiger partial charge in [-0.2, -0.15) is 10.1 Å². The van der Waals surface area contributed by atoms with E-state index in [4.69, 9.17) is 0 Å². The molecule has 128 valence electrons. The zero-order valence-electron chi connectivity index (χ0n) is 13.8. The van der Waals surface area contributed by atoms with Crippen LogP contribution in [-0.4, -0.2) is 47.7 Å². The molecule has 1 aromatic heterocycles. The highest BCUT2D eigenvalue weighted by atomic mass is 32.2. The highest BCUT2D eigenvalue weighted by Crippen LogP contribution is 2.23. The number of aryl methyl sites for hydroxylation is 1. The van der Waals surface area contributed by atoms with Gasteiger partial charge in [-0.25, -0.2) is 8.42 Å². The molecule has 8 heteroatoms. The van der Waals surface area contributed by atoms with Crippen LogP contribution in [0.2, 0.25) is 0 Å². The maximum atomic E-state index is 11.6. The number of rotatable bonds is 5. The summed E-state index contributed by atoms with van der Waals surface area (Å²) in [5.74, 6) is 1.41. The van der Waals surface area contributed by atoms with Crippen molar-refractivity contribution in [3.05, 3.63) is 36.0 Å². The Morgan fingerprint density at radius 3 is 2.88 bits per heavy atom. The van der Waals surface area contributed by atoms with Crippen LogP contribution in [0.3, 0.4) is 0 Å². The minimum Gasteiger partial charge on any atom is -0.365 e. The monoisotopic (exact) mass is 347 g/mol. The van der Waals surface area contributed by atoms with Gasteiger partial charge >= 0.3 is 0 Å². The van der Waals surface area contributed by atoms with Crippen molar-refractivity contribution in [1.82, 2.24) is 15.2 Å². The fraction of sp³-hybridized carbons (Fsp3) is 0.438. The van der Waals surface area contributed by atoms with E-state index in [1.165, 1.54) is 6.20 Å². The SMILES string of the molecule is CCN(c1cccc(C)c1)c1nncc(NC2CCS(=O)(=O)C2)n1. The molecule has 0 amide bonds. The standard InChI is InChI=1S/C16H21N5O2S/c1-3-21(14-6-4-5-12(2)9-14)16-19-15(10-17-20-16)18-13-7-8-24(22,23)11-13/h4-6,9-10,13H,3,7-8,11H2,1-2H3,(H,18,19,20). The highest BCUT2D eigenvalue weighted by molar-refractivity contribution is 7.91. The van der Waals surface area contributed by atoms with Crippen LogP contribution >= 0.6 is 0 Å². The van der Waals surface area contributed by atoms with E-state index in [1.54, 1.807) is 0 Å². The summed E-state index contributed by atoms with van der Waals surface area (Å²) in [4.78, 5) is 6.48. The predicted octanol–water partition coefficient (Wildman–Crippen LogP) is 1.94. The van der Waals surface area contributed by atoms with E-state index < -0.39 is 9.84 Å². The molecule has 1 unspecified atom stereocenters. The Morgan fingerprint density at radius 2 is 2.21 bits per heavy atom. The third kappa shape index (κ3) is 3.81. The average Bonchev–Trinajstić information content (AvgIpc) is 2.87. The zero-order valence-corrected chi connectivity index (χ0v) is 14.6. The van der Waals surface area contributed by atoms with E-state index in [1.807, 2.05) is 36.9 Å². The molecule has 2 heterocycles. The van der Waals surface area contributed by atoms with Gasteiger partial charge in [-0.1, -0.05) is 12.1 Å². The Kier molecular flexibility index (Phi) is 4.66. The van der Waals surface area contributed by atoms with Crippen molar-refractivity contribution < 1.29 is 8.42 Å². The quantitative estimate of drug-likeness (QED) is 0.884. The second kappa shape index (κ2) is 6.72. The normalized spacial score (nSPS) is 19.2. The molecule has 1 fully saturated rings. The summed E-state index contributed by atoms with van der Waals surface area (Å²) in [5.41, 5.74) is 2.16. The molecular weight excluding hydrogens is 326 g/mol. The van der Waals surface area contributed by atoms with E-state index in [-0.39, 0.29) is 17.5 Å². The van der Waals surface area contributed by atoms with Crippen molar-refractivity contribution in [2.24, 2.45) is 0 Å². The highest BCUT2D eigenvalue weighted by Gasteiger charge is 2.28. The van der Waals surface area contributed by atoms with Gasteiger partial charge < -0.3 is 10.2 Å². The second-order valence-corrected chi connectivity index (χ2v) is 8.20. The van der Waals surface area contributed by atoms with Crippen LogP contribution < -0.4 is 10.2 Å². The van der Waals surface area contributed by atoms with Crippen LogP contribution in [-0.2, 0) is 9.84 Å². The first-order valence-electron chi connectivity index (χ1n) is 7.98. The topological polar surface area (TPSA) is 88.1 Å². The Balaban J connectivity index is 1.81. The van der Waals surface area contributed by atoms with Crippen LogP contribution in [0.4, 0.5) is 17.5 Å². The predicted molar refractivity (Wildman–Crippen MR) is 94.4 cm³/mol. The van der Waals surface area contributed by atoms with E-state index >= 15 is 0 Å². The molecule has 1 aromatic carbocycles. The van der Waals surface area contributed by atoms with Gasteiger partial charge in [-0.15, -0.1) is 5.10 Å². The van der Waals surface area contributed by atoms with Crippen molar-refractivity contribution in [3.8, 4) is 0 Å². The number of hydrogen-bond donors (Lipinski definition) is 1. The first-order chi connectivity index (χ1) is 11.5. The van der Waals surface area contributed by atoms with Gasteiger partial charge in [-0.3, -0.25) is 0 Å². The summed E-state index contributed by atoms with van der Waals surface area (Å²) >= 11 is 0. The Morgan fingerprint density at radius 1 is 1.38 bits per heavy atom. The van der Waals surface area contributed by atoms with Crippen LogP contribution in [0.1, 0.15) is 18.9 Å². The lowest BCUT2D eigenvalue weighted by Crippen LogP contribution is -2.23. The van der Waals surface area contributed by atoms with Crippen molar-refractivity contribution in [2.75, 3.05) is 28.3 Å². The summed E-state index contributed by atoms with van der Waals surface area (Å²) in [7, 11) is -2.93. The molecular formula is C16H21N5O2S. The fourth-order valence-electron chi connectivity index (χ4n) is 2.83. The molecule has 0 bridgehead atoms. The van der Waals surface area contributed by atoms with Gasteiger partial charge in [0.2, 0.25) is 0 Å². The number of benzene rings is 1. The van der Waals surface area contributed by atoms with Crippen molar-refractivity contribution >= 4 is 27.3 Å². The number of nitrogens with zero attached hydrogens (tertiary/aromatic N) is 4. The minimum absolute atomic E-state index is 0.117. The minimum atomic E-state index is -2.93. The van der Waals surface area contributed by atoms with Gasteiger partial charge in [0.1, 0.15) is 0 Å². The lowest BCUT2D eigenvalue weighted by molar-refractivity contribution is 0.602. The summed E-state index contributed by atoms with van der Waals surface area (Å²) in [6, 6.07) is 7.98. The van der Waals surface area contributed by atoms with E-state index in [2.05, 4.69) is 26.6 Å². The van der Waals surface area contributed by atoms with E-state index in [0.29, 0.717) is 24.7 Å². The maximum Gasteiger partial charge on any atom is 0.251 e. The molecule has 0 saturated carbocycles. The molecule has 2 aromatic rings. The molecule has 1 N–H and O–H groups in total. The first kappa shape index (κ1) is 16.6. The van der Waals surface area contributed by atoms with Gasteiger partial charge in [0.05, 0.1) is 17.7 Å². The zero-order chi connectivity index (χ0) is 17.2. The Bertz CT molecular complexity index is 825.